The number of esters is 1. The fraction of sp³-hybridized carbons (Fsp3) is 0.100. The molecular formula is C20H14BrN5O3. The van der Waals surface area contributed by atoms with Gasteiger partial charge in [-0.05, 0) is 34.1 Å². The normalized spacial score (nSPS) is 11.5. The summed E-state index contributed by atoms with van der Waals surface area (Å²) in [5, 5.41) is 9.66. The van der Waals surface area contributed by atoms with Crippen molar-refractivity contribution in [1.29, 1.82) is 0 Å². The van der Waals surface area contributed by atoms with Crippen molar-refractivity contribution in [3.8, 4) is 0 Å². The number of carbonyl (C=O) groups is 1. The van der Waals surface area contributed by atoms with Crippen molar-refractivity contribution in [1.82, 2.24) is 24.1 Å². The molecule has 5 rings (SSSR count). The van der Waals surface area contributed by atoms with Crippen molar-refractivity contribution in [3.63, 3.8) is 0 Å². The van der Waals surface area contributed by atoms with Gasteiger partial charge in [-0.1, -0.05) is 30.3 Å². The van der Waals surface area contributed by atoms with Gasteiger partial charge < -0.3 is 9.72 Å². The van der Waals surface area contributed by atoms with E-state index in [-0.39, 0.29) is 12.2 Å². The van der Waals surface area contributed by atoms with Gasteiger partial charge in [-0.25, -0.2) is 4.79 Å². The molecule has 9 heteroatoms. The molecule has 3 heterocycles. The molecule has 0 unspecified atom stereocenters. The Balaban J connectivity index is 1.53. The molecule has 0 spiro atoms. The zero-order valence-electron chi connectivity index (χ0n) is 15.2. The number of fused-ring (bicyclic) bond motifs is 4. The number of hydrogen-bond acceptors (Lipinski definition) is 5. The number of hydrogen-bond donors (Lipinski definition) is 1. The minimum absolute atomic E-state index is 0.0933. The maximum absolute atomic E-state index is 12.7. The molecule has 5 aromatic rings. The summed E-state index contributed by atoms with van der Waals surface area (Å²) in [4.78, 5) is 28.2. The standard InChI is InChI=1S/C20H14BrN5O3/c1-25-18(27)12-7-3-5-9-14(12)26-15(23-24-20(25)26)10-29-19(28)17-16(21)11-6-2-4-8-13(11)22-17/h2-9,22H,10H2,1H3. The van der Waals surface area contributed by atoms with Crippen LogP contribution in [0.5, 0.6) is 0 Å². The van der Waals surface area contributed by atoms with Crippen LogP contribution < -0.4 is 5.56 Å². The Morgan fingerprint density at radius 1 is 1.10 bits per heavy atom. The molecule has 3 aromatic heterocycles. The number of H-pyrrole nitrogens is 1. The lowest BCUT2D eigenvalue weighted by atomic mass is 10.2. The van der Waals surface area contributed by atoms with Gasteiger partial charge in [0, 0.05) is 18.0 Å². The van der Waals surface area contributed by atoms with E-state index in [1.165, 1.54) is 4.57 Å². The molecule has 0 atom stereocenters. The third-order valence-corrected chi connectivity index (χ3v) is 5.70. The monoisotopic (exact) mass is 451 g/mol. The maximum atomic E-state index is 12.7. The van der Waals surface area contributed by atoms with Gasteiger partial charge in [-0.2, -0.15) is 0 Å². The van der Waals surface area contributed by atoms with Crippen LogP contribution in [0.3, 0.4) is 0 Å². The second-order valence-corrected chi connectivity index (χ2v) is 7.36. The molecule has 0 saturated heterocycles. The zero-order chi connectivity index (χ0) is 20.1. The topological polar surface area (TPSA) is 94.3 Å². The first-order chi connectivity index (χ1) is 14.1. The third-order valence-electron chi connectivity index (χ3n) is 4.87. The number of nitrogens with one attached hydrogen (secondary N) is 1. The third kappa shape index (κ3) is 2.65. The Morgan fingerprint density at radius 2 is 1.83 bits per heavy atom. The van der Waals surface area contributed by atoms with Crippen LogP contribution in [0.15, 0.2) is 57.8 Å². The number of benzene rings is 2. The summed E-state index contributed by atoms with van der Waals surface area (Å²) in [6.45, 7) is -0.0933. The summed E-state index contributed by atoms with van der Waals surface area (Å²) in [7, 11) is 1.64. The van der Waals surface area contributed by atoms with Gasteiger partial charge in [0.2, 0.25) is 5.78 Å². The quantitative estimate of drug-likeness (QED) is 0.425. The van der Waals surface area contributed by atoms with Crippen molar-refractivity contribution in [3.05, 3.63) is 74.9 Å². The average molecular weight is 452 g/mol. The largest absolute Gasteiger partial charge is 0.453 e. The van der Waals surface area contributed by atoms with Gasteiger partial charge in [0.15, 0.2) is 12.4 Å². The van der Waals surface area contributed by atoms with Crippen molar-refractivity contribution in [2.75, 3.05) is 0 Å². The minimum Gasteiger partial charge on any atom is -0.453 e. The smallest absolute Gasteiger partial charge is 0.356 e. The highest BCUT2D eigenvalue weighted by Gasteiger charge is 2.20. The summed E-state index contributed by atoms with van der Waals surface area (Å²) in [5.41, 5.74) is 1.66. The Bertz CT molecular complexity index is 1480. The molecule has 29 heavy (non-hydrogen) atoms. The number of aromatic amines is 1. The summed E-state index contributed by atoms with van der Waals surface area (Å²) >= 11 is 3.46. The predicted molar refractivity (Wildman–Crippen MR) is 111 cm³/mol. The highest BCUT2D eigenvalue weighted by Crippen LogP contribution is 2.28. The SMILES string of the molecule is Cn1c(=O)c2ccccc2n2c(COC(=O)c3[nH]c4ccccc4c3Br)nnc12. The first-order valence-electron chi connectivity index (χ1n) is 8.81. The van der Waals surface area contributed by atoms with Crippen molar-refractivity contribution < 1.29 is 9.53 Å². The van der Waals surface area contributed by atoms with Crippen molar-refractivity contribution >= 4 is 49.5 Å². The number of carbonyl (C=O) groups excluding carboxylic acids is 1. The van der Waals surface area contributed by atoms with E-state index in [4.69, 9.17) is 4.74 Å². The molecule has 0 saturated carbocycles. The lowest BCUT2D eigenvalue weighted by Crippen LogP contribution is -2.20. The lowest BCUT2D eigenvalue weighted by molar-refractivity contribution is 0.0454. The number of rotatable bonds is 3. The first kappa shape index (κ1) is 17.6. The molecule has 2 aromatic carbocycles. The van der Waals surface area contributed by atoms with Crippen LogP contribution in [0.25, 0.3) is 27.6 Å². The van der Waals surface area contributed by atoms with Crippen LogP contribution in [0, 0.1) is 0 Å². The Kier molecular flexibility index (Phi) is 3.99. The van der Waals surface area contributed by atoms with Crippen LogP contribution in [0.4, 0.5) is 0 Å². The number of nitrogens with zero attached hydrogens (tertiary/aromatic N) is 4. The second-order valence-electron chi connectivity index (χ2n) is 6.57. The maximum Gasteiger partial charge on any atom is 0.356 e. The Labute approximate surface area is 171 Å². The van der Waals surface area contributed by atoms with Gasteiger partial charge >= 0.3 is 5.97 Å². The van der Waals surface area contributed by atoms with E-state index in [0.717, 1.165) is 10.9 Å². The summed E-state index contributed by atoms with van der Waals surface area (Å²) < 4.78 is 9.30. The highest BCUT2D eigenvalue weighted by atomic mass is 79.9. The molecule has 0 bridgehead atoms. The number of aromatic nitrogens is 5. The van der Waals surface area contributed by atoms with Crippen LogP contribution in [0.1, 0.15) is 16.3 Å². The molecule has 0 radical (unpaired) electrons. The number of aryl methyl sites for hydroxylation is 1. The number of halogens is 1. The molecule has 0 aliphatic rings. The molecule has 0 aliphatic carbocycles. The van der Waals surface area contributed by atoms with Crippen molar-refractivity contribution in [2.24, 2.45) is 7.05 Å². The Hall–Kier alpha value is -3.46. The molecule has 0 aliphatic heterocycles. The number of ether oxygens (including phenoxy) is 1. The predicted octanol–water partition coefficient (Wildman–Crippen LogP) is 3.18. The fourth-order valence-electron chi connectivity index (χ4n) is 3.44. The van der Waals surface area contributed by atoms with Gasteiger partial charge in [-0.3, -0.25) is 13.8 Å². The molecule has 0 amide bonds. The summed E-state index contributed by atoms with van der Waals surface area (Å²) in [6, 6.07) is 14.8. The van der Waals surface area contributed by atoms with Gasteiger partial charge in [0.05, 0.1) is 15.4 Å². The van der Waals surface area contributed by atoms with Gasteiger partial charge in [0.1, 0.15) is 5.69 Å². The molecule has 0 fully saturated rings. The van der Waals surface area contributed by atoms with Crippen LogP contribution in [-0.2, 0) is 18.4 Å². The molecule has 144 valence electrons. The van der Waals surface area contributed by atoms with Gasteiger partial charge in [0.25, 0.3) is 5.56 Å². The molecular weight excluding hydrogens is 438 g/mol. The summed E-state index contributed by atoms with van der Waals surface area (Å²) in [5.74, 6) is 0.290. The molecule has 8 nitrogen and oxygen atoms in total. The zero-order valence-corrected chi connectivity index (χ0v) is 16.8. The van der Waals surface area contributed by atoms with E-state index >= 15 is 0 Å². The highest BCUT2D eigenvalue weighted by molar-refractivity contribution is 9.10. The van der Waals surface area contributed by atoms with E-state index < -0.39 is 5.97 Å². The van der Waals surface area contributed by atoms with Gasteiger partial charge in [-0.15, -0.1) is 10.2 Å². The van der Waals surface area contributed by atoms with Crippen molar-refractivity contribution in [2.45, 2.75) is 6.61 Å². The van der Waals surface area contributed by atoms with Crippen LogP contribution in [-0.4, -0.2) is 30.1 Å². The fourth-order valence-corrected chi connectivity index (χ4v) is 4.04. The minimum atomic E-state index is -0.515. The molecule has 1 N–H and O–H groups in total. The van der Waals surface area contributed by atoms with E-state index in [1.54, 1.807) is 23.6 Å². The van der Waals surface area contributed by atoms with E-state index in [0.29, 0.717) is 32.7 Å². The van der Waals surface area contributed by atoms with E-state index in [2.05, 4.69) is 31.1 Å². The lowest BCUT2D eigenvalue weighted by Gasteiger charge is -2.08. The van der Waals surface area contributed by atoms with Crippen LogP contribution >= 0.6 is 15.9 Å². The summed E-state index contributed by atoms with van der Waals surface area (Å²) in [6.07, 6.45) is 0. The Morgan fingerprint density at radius 3 is 2.62 bits per heavy atom. The average Bonchev–Trinajstić information content (AvgIpc) is 3.32. The van der Waals surface area contributed by atoms with Crippen LogP contribution in [0.2, 0.25) is 0 Å². The van der Waals surface area contributed by atoms with E-state index in [9.17, 15) is 9.59 Å². The number of para-hydroxylation sites is 2. The second kappa shape index (κ2) is 6.56. The first-order valence-corrected chi connectivity index (χ1v) is 9.60. The van der Waals surface area contributed by atoms with E-state index in [1.807, 2.05) is 36.4 Å².